The van der Waals surface area contributed by atoms with E-state index in [4.69, 9.17) is 27.9 Å². The lowest BCUT2D eigenvalue weighted by atomic mass is 9.49. The number of pyridine rings is 1. The van der Waals surface area contributed by atoms with E-state index < -0.39 is 81.2 Å². The number of Topliss-reactive ketones (excluding diaryl/α,β-unsaturated/α-hetero) is 1. The summed E-state index contributed by atoms with van der Waals surface area (Å²) < 4.78 is 46.3. The minimum absolute atomic E-state index is 0.0976. The maximum Gasteiger partial charge on any atom is 0.417 e. The molecule has 57 heavy (non-hydrogen) atoms. The van der Waals surface area contributed by atoms with Crippen molar-refractivity contribution in [1.82, 2.24) is 9.99 Å². The third kappa shape index (κ3) is 5.87. The van der Waals surface area contributed by atoms with E-state index in [1.165, 1.54) is 50.4 Å². The number of nitrogens with one attached hydrogen (secondary N) is 1. The minimum atomic E-state index is -4.77. The zero-order valence-electron chi connectivity index (χ0n) is 30.0. The van der Waals surface area contributed by atoms with Crippen LogP contribution >= 0.6 is 23.2 Å². The molecule has 16 heteroatoms. The van der Waals surface area contributed by atoms with Crippen molar-refractivity contribution in [2.45, 2.75) is 37.3 Å². The number of phenols is 1. The maximum atomic E-state index is 15.4. The van der Waals surface area contributed by atoms with Crippen LogP contribution in [0.1, 0.15) is 52.7 Å². The van der Waals surface area contributed by atoms with Gasteiger partial charge in [-0.05, 0) is 79.8 Å². The van der Waals surface area contributed by atoms with Crippen LogP contribution in [0.3, 0.4) is 0 Å². The number of fused-ring (bicyclic) bond motifs is 4. The van der Waals surface area contributed by atoms with Crippen molar-refractivity contribution in [3.05, 3.63) is 123 Å². The second kappa shape index (κ2) is 13.7. The number of rotatable bonds is 7. The van der Waals surface area contributed by atoms with Crippen molar-refractivity contribution in [3.8, 4) is 11.5 Å². The Morgan fingerprint density at radius 2 is 1.65 bits per heavy atom. The van der Waals surface area contributed by atoms with Crippen molar-refractivity contribution in [3.63, 3.8) is 0 Å². The number of methoxy groups -OCH3 is 1. The van der Waals surface area contributed by atoms with Crippen molar-refractivity contribution >= 4 is 64.1 Å². The first-order valence-electron chi connectivity index (χ1n) is 17.8. The van der Waals surface area contributed by atoms with E-state index in [2.05, 4.69) is 10.4 Å². The number of aromatic nitrogens is 1. The number of hydrogen-bond donors (Lipinski definition) is 2. The summed E-state index contributed by atoms with van der Waals surface area (Å²) in [4.78, 5) is 75.8. The fourth-order valence-electron chi connectivity index (χ4n) is 9.17. The van der Waals surface area contributed by atoms with Crippen LogP contribution < -0.4 is 15.1 Å². The molecule has 2 aliphatic carbocycles. The van der Waals surface area contributed by atoms with Gasteiger partial charge in [0.1, 0.15) is 11.5 Å². The first kappa shape index (κ1) is 38.2. The van der Waals surface area contributed by atoms with Gasteiger partial charge in [-0.25, -0.2) is 4.98 Å². The molecule has 2 saturated heterocycles. The number of amides is 4. The number of carbonyl (C=O) groups is 5. The third-order valence-corrected chi connectivity index (χ3v) is 12.2. The van der Waals surface area contributed by atoms with Gasteiger partial charge in [-0.3, -0.25) is 34.3 Å². The first-order chi connectivity index (χ1) is 27.1. The summed E-state index contributed by atoms with van der Waals surface area (Å²) in [6.07, 6.45) is -2.41. The van der Waals surface area contributed by atoms with E-state index in [1.54, 1.807) is 30.3 Å². The number of nitrogens with zero attached hydrogens (tertiary/aromatic N) is 3. The van der Waals surface area contributed by atoms with Crippen molar-refractivity contribution in [2.24, 2.45) is 23.7 Å². The summed E-state index contributed by atoms with van der Waals surface area (Å²) in [6, 6.07) is 17.4. The molecule has 0 spiro atoms. The fourth-order valence-corrected chi connectivity index (χ4v) is 9.50. The van der Waals surface area contributed by atoms with Crippen LogP contribution in [-0.4, -0.2) is 51.6 Å². The SMILES string of the molecule is COc1cc(O)ccc1[C@H]1C2=CC[C@@H]3C(=O)N(c4ccc(C(C)=O)cc4)C(=O)[C@@H]3[C@@H]2C[C@H]2C(=O)N(Nc3ncc(C(F)(F)F)cc3Cl)C(=O)[C@@]12c1ccc(Cl)cc1. The molecule has 1 aromatic heterocycles. The Labute approximate surface area is 333 Å². The van der Waals surface area contributed by atoms with Gasteiger partial charge in [0.15, 0.2) is 11.6 Å². The second-order valence-corrected chi connectivity index (χ2v) is 15.3. The molecule has 6 atom stereocenters. The molecule has 4 aromatic rings. The number of aromatic hydroxyl groups is 1. The lowest BCUT2D eigenvalue weighted by molar-refractivity contribution is -0.139. The summed E-state index contributed by atoms with van der Waals surface area (Å²) in [5.41, 5.74) is 1.63. The van der Waals surface area contributed by atoms with Gasteiger partial charge in [-0.15, -0.1) is 0 Å². The second-order valence-electron chi connectivity index (χ2n) is 14.5. The number of hydrazine groups is 1. The summed E-state index contributed by atoms with van der Waals surface area (Å²) in [5, 5.41) is 11.0. The normalized spacial score (nSPS) is 25.5. The van der Waals surface area contributed by atoms with Gasteiger partial charge in [0.2, 0.25) is 11.8 Å². The van der Waals surface area contributed by atoms with E-state index in [-0.39, 0.29) is 35.8 Å². The highest BCUT2D eigenvalue weighted by molar-refractivity contribution is 6.33. The van der Waals surface area contributed by atoms with Crippen LogP contribution in [0.4, 0.5) is 24.7 Å². The van der Waals surface area contributed by atoms with Gasteiger partial charge in [0.25, 0.3) is 11.8 Å². The summed E-state index contributed by atoms with van der Waals surface area (Å²) in [7, 11) is 1.37. The number of ketones is 1. The highest BCUT2D eigenvalue weighted by Crippen LogP contribution is 2.65. The predicted octanol–water partition coefficient (Wildman–Crippen LogP) is 7.51. The monoisotopic (exact) mass is 818 g/mol. The van der Waals surface area contributed by atoms with Crippen LogP contribution in [-0.2, 0) is 30.8 Å². The molecule has 1 saturated carbocycles. The third-order valence-electron chi connectivity index (χ3n) is 11.6. The highest BCUT2D eigenvalue weighted by Gasteiger charge is 2.70. The Bertz CT molecular complexity index is 2420. The van der Waals surface area contributed by atoms with Crippen molar-refractivity contribution in [2.75, 3.05) is 17.4 Å². The van der Waals surface area contributed by atoms with E-state index in [0.717, 1.165) is 4.90 Å². The van der Waals surface area contributed by atoms with Crippen molar-refractivity contribution in [1.29, 1.82) is 0 Å². The van der Waals surface area contributed by atoms with Gasteiger partial charge in [-0.1, -0.05) is 53.1 Å². The van der Waals surface area contributed by atoms with Crippen LogP contribution in [0.2, 0.25) is 10.0 Å². The lowest BCUT2D eigenvalue weighted by Gasteiger charge is -2.50. The standard InChI is InChI=1S/C41H31Cl2F3N4O7/c1-19(51)20-3-9-24(10-4-20)49-36(53)28-14-13-26-29(33(28)38(49)55)17-30-37(54)50(48-35-31(43)15-22(18-47-35)41(44,45)46)39(56)40(30,21-5-7-23(42)8-6-21)34(26)27-12-11-25(52)16-32(27)57-2/h3-13,15-16,18,28-30,33-34,52H,14,17H2,1-2H3,(H,47,48)/t28-,29+,30-,33-,34+,40+/m0/s1. The molecule has 11 nitrogen and oxygen atoms in total. The molecular weight excluding hydrogens is 788 g/mol. The van der Waals surface area contributed by atoms with Gasteiger partial charge < -0.3 is 9.84 Å². The van der Waals surface area contributed by atoms with Gasteiger partial charge in [-0.2, -0.15) is 18.2 Å². The van der Waals surface area contributed by atoms with Crippen molar-refractivity contribution < 1.29 is 47.0 Å². The molecule has 2 N–H and O–H groups in total. The largest absolute Gasteiger partial charge is 0.508 e. The Morgan fingerprint density at radius 3 is 2.28 bits per heavy atom. The van der Waals surface area contributed by atoms with Crippen LogP contribution in [0.5, 0.6) is 11.5 Å². The number of alkyl halides is 3. The number of benzene rings is 3. The number of phenolic OH excluding ortho intramolecular Hbond substituents is 1. The first-order valence-corrected chi connectivity index (χ1v) is 18.5. The molecule has 8 rings (SSSR count). The van der Waals surface area contributed by atoms with E-state index in [0.29, 0.717) is 44.6 Å². The minimum Gasteiger partial charge on any atom is -0.508 e. The van der Waals surface area contributed by atoms with Gasteiger partial charge >= 0.3 is 6.18 Å². The Morgan fingerprint density at radius 1 is 0.947 bits per heavy atom. The average molecular weight is 820 g/mol. The van der Waals surface area contributed by atoms with E-state index in [9.17, 15) is 37.5 Å². The molecule has 0 bridgehead atoms. The van der Waals surface area contributed by atoms with E-state index in [1.807, 2.05) is 6.08 Å². The summed E-state index contributed by atoms with van der Waals surface area (Å²) >= 11 is 12.6. The Hall–Kier alpha value is -5.73. The number of carbonyl (C=O) groups excluding carboxylic acids is 5. The molecule has 3 fully saturated rings. The lowest BCUT2D eigenvalue weighted by Crippen LogP contribution is -2.53. The maximum absolute atomic E-state index is 15.4. The molecule has 0 radical (unpaired) electrons. The molecule has 2 aliphatic heterocycles. The average Bonchev–Trinajstić information content (AvgIpc) is 3.56. The smallest absolute Gasteiger partial charge is 0.417 e. The van der Waals surface area contributed by atoms with E-state index >= 15 is 4.79 Å². The number of imide groups is 2. The molecule has 3 heterocycles. The zero-order valence-corrected chi connectivity index (χ0v) is 31.5. The van der Waals surface area contributed by atoms with Crippen LogP contribution in [0, 0.1) is 23.7 Å². The zero-order chi connectivity index (χ0) is 40.7. The van der Waals surface area contributed by atoms with Crippen LogP contribution in [0.15, 0.2) is 90.6 Å². The quantitative estimate of drug-likeness (QED) is 0.110. The topological polar surface area (TPSA) is 146 Å². The molecule has 0 unspecified atom stereocenters. The number of anilines is 2. The van der Waals surface area contributed by atoms with Gasteiger partial charge in [0, 0.05) is 34.3 Å². The summed E-state index contributed by atoms with van der Waals surface area (Å²) in [5.74, 6) is -8.01. The molecule has 292 valence electrons. The highest BCUT2D eigenvalue weighted by atomic mass is 35.5. The number of ether oxygens (including phenoxy) is 1. The number of halogens is 5. The fraction of sp³-hybridized carbons (Fsp3) is 0.268. The molecular formula is C41H31Cl2F3N4O7. The van der Waals surface area contributed by atoms with Gasteiger partial charge in [0.05, 0.1) is 46.6 Å². The Balaban J connectivity index is 1.31. The number of hydrogen-bond acceptors (Lipinski definition) is 9. The number of allylic oxidation sites excluding steroid dienone is 2. The Kier molecular flexibility index (Phi) is 9.19. The summed E-state index contributed by atoms with van der Waals surface area (Å²) in [6.45, 7) is 1.40. The molecule has 4 aliphatic rings. The predicted molar refractivity (Wildman–Crippen MR) is 200 cm³/mol. The van der Waals surface area contributed by atoms with Crippen LogP contribution in [0.25, 0.3) is 0 Å². The molecule has 4 amide bonds. The molecule has 3 aromatic carbocycles.